The van der Waals surface area contributed by atoms with E-state index in [2.05, 4.69) is 0 Å². The Morgan fingerprint density at radius 1 is 1.21 bits per heavy atom. The first-order valence-electron chi connectivity index (χ1n) is 6.53. The van der Waals surface area contributed by atoms with Gasteiger partial charge in [-0.3, -0.25) is 9.59 Å². The standard InChI is InChI=1S/C16H22O3/c1-6-12-9-11(7-8-14(12)19-5)10-13(17)15(18)16(2,3)4/h7-9H,6,10H2,1-5H3. The highest BCUT2D eigenvalue weighted by Gasteiger charge is 2.27. The molecule has 0 aliphatic heterocycles. The van der Waals surface area contributed by atoms with Gasteiger partial charge in [-0.1, -0.05) is 39.8 Å². The minimum atomic E-state index is -0.614. The summed E-state index contributed by atoms with van der Waals surface area (Å²) in [5.41, 5.74) is 1.30. The molecule has 0 aliphatic carbocycles. The van der Waals surface area contributed by atoms with Gasteiger partial charge in [0.1, 0.15) is 5.75 Å². The largest absolute Gasteiger partial charge is 0.496 e. The second-order valence-corrected chi connectivity index (χ2v) is 5.68. The van der Waals surface area contributed by atoms with Gasteiger partial charge in [0.15, 0.2) is 0 Å². The van der Waals surface area contributed by atoms with Crippen molar-refractivity contribution < 1.29 is 14.3 Å². The van der Waals surface area contributed by atoms with Crippen LogP contribution in [0.4, 0.5) is 0 Å². The summed E-state index contributed by atoms with van der Waals surface area (Å²) in [5, 5.41) is 0. The van der Waals surface area contributed by atoms with Gasteiger partial charge in [0.2, 0.25) is 11.6 Å². The highest BCUT2D eigenvalue weighted by Crippen LogP contribution is 2.22. The Hall–Kier alpha value is -1.64. The molecule has 0 spiro atoms. The van der Waals surface area contributed by atoms with Crippen molar-refractivity contribution in [3.05, 3.63) is 29.3 Å². The quantitative estimate of drug-likeness (QED) is 0.766. The average molecular weight is 262 g/mol. The zero-order chi connectivity index (χ0) is 14.6. The zero-order valence-electron chi connectivity index (χ0n) is 12.4. The smallest absolute Gasteiger partial charge is 0.204 e. The van der Waals surface area contributed by atoms with Crippen molar-refractivity contribution in [3.8, 4) is 5.75 Å². The summed E-state index contributed by atoms with van der Waals surface area (Å²) >= 11 is 0. The number of benzene rings is 1. The molecule has 0 fully saturated rings. The van der Waals surface area contributed by atoms with E-state index in [1.807, 2.05) is 25.1 Å². The van der Waals surface area contributed by atoms with Crippen LogP contribution < -0.4 is 4.74 Å². The minimum Gasteiger partial charge on any atom is -0.496 e. The normalized spacial score (nSPS) is 11.2. The number of aryl methyl sites for hydroxylation is 1. The molecule has 0 saturated carbocycles. The van der Waals surface area contributed by atoms with Crippen molar-refractivity contribution in [2.45, 2.75) is 40.5 Å². The Morgan fingerprint density at radius 2 is 1.84 bits per heavy atom. The van der Waals surface area contributed by atoms with Crippen LogP contribution in [0.1, 0.15) is 38.8 Å². The number of ether oxygens (including phenoxy) is 1. The molecule has 0 atom stereocenters. The first-order valence-corrected chi connectivity index (χ1v) is 6.53. The number of carbonyl (C=O) groups is 2. The molecule has 1 aromatic carbocycles. The Labute approximate surface area is 115 Å². The van der Waals surface area contributed by atoms with E-state index < -0.39 is 5.41 Å². The maximum absolute atomic E-state index is 11.9. The van der Waals surface area contributed by atoms with E-state index >= 15 is 0 Å². The molecule has 104 valence electrons. The Balaban J connectivity index is 2.89. The Bertz CT molecular complexity index is 481. The topological polar surface area (TPSA) is 43.4 Å². The third-order valence-electron chi connectivity index (χ3n) is 3.02. The molecule has 0 N–H and O–H groups in total. The number of hydrogen-bond acceptors (Lipinski definition) is 3. The fraction of sp³-hybridized carbons (Fsp3) is 0.500. The fourth-order valence-electron chi connectivity index (χ4n) is 1.90. The second kappa shape index (κ2) is 6.00. The molecule has 0 unspecified atom stereocenters. The predicted octanol–water partition coefficient (Wildman–Crippen LogP) is 2.98. The van der Waals surface area contributed by atoms with Crippen LogP contribution in [0, 0.1) is 5.41 Å². The fourth-order valence-corrected chi connectivity index (χ4v) is 1.90. The van der Waals surface area contributed by atoms with Gasteiger partial charge in [-0.05, 0) is 23.6 Å². The van der Waals surface area contributed by atoms with Gasteiger partial charge < -0.3 is 4.74 Å². The van der Waals surface area contributed by atoms with E-state index in [1.54, 1.807) is 27.9 Å². The van der Waals surface area contributed by atoms with Crippen molar-refractivity contribution in [3.63, 3.8) is 0 Å². The number of ketones is 2. The lowest BCUT2D eigenvalue weighted by Gasteiger charge is -2.15. The number of Topliss-reactive ketones (excluding diaryl/α,β-unsaturated/α-hetero) is 2. The number of methoxy groups -OCH3 is 1. The maximum atomic E-state index is 11.9. The van der Waals surface area contributed by atoms with Crippen LogP contribution in [-0.4, -0.2) is 18.7 Å². The van der Waals surface area contributed by atoms with Gasteiger partial charge in [-0.2, -0.15) is 0 Å². The Morgan fingerprint density at radius 3 is 2.32 bits per heavy atom. The van der Waals surface area contributed by atoms with Crippen molar-refractivity contribution >= 4 is 11.6 Å². The van der Waals surface area contributed by atoms with Crippen LogP contribution in [0.5, 0.6) is 5.75 Å². The van der Waals surface area contributed by atoms with Crippen LogP contribution in [0.2, 0.25) is 0 Å². The van der Waals surface area contributed by atoms with Gasteiger partial charge in [0.25, 0.3) is 0 Å². The van der Waals surface area contributed by atoms with Gasteiger partial charge in [-0.25, -0.2) is 0 Å². The molecule has 1 aromatic rings. The SMILES string of the molecule is CCc1cc(CC(=O)C(=O)C(C)(C)C)ccc1OC. The summed E-state index contributed by atoms with van der Waals surface area (Å²) in [4.78, 5) is 23.8. The van der Waals surface area contributed by atoms with E-state index in [0.717, 1.165) is 23.3 Å². The van der Waals surface area contributed by atoms with Crippen molar-refractivity contribution in [2.75, 3.05) is 7.11 Å². The molecule has 1 rings (SSSR count). The predicted molar refractivity (Wildman–Crippen MR) is 75.5 cm³/mol. The highest BCUT2D eigenvalue weighted by molar-refractivity contribution is 6.39. The number of rotatable bonds is 5. The first-order chi connectivity index (χ1) is 8.79. The van der Waals surface area contributed by atoms with Crippen molar-refractivity contribution in [1.82, 2.24) is 0 Å². The summed E-state index contributed by atoms with van der Waals surface area (Å²) in [5.74, 6) is 0.168. The first kappa shape index (κ1) is 15.4. The van der Waals surface area contributed by atoms with E-state index in [0.29, 0.717) is 0 Å². The molecule has 3 heteroatoms. The van der Waals surface area contributed by atoms with Crippen LogP contribution >= 0.6 is 0 Å². The molecular weight excluding hydrogens is 240 g/mol. The summed E-state index contributed by atoms with van der Waals surface area (Å²) < 4.78 is 5.25. The molecular formula is C16H22O3. The monoisotopic (exact) mass is 262 g/mol. The minimum absolute atomic E-state index is 0.160. The summed E-state index contributed by atoms with van der Waals surface area (Å²) in [7, 11) is 1.63. The van der Waals surface area contributed by atoms with Crippen LogP contribution in [-0.2, 0) is 22.4 Å². The lowest BCUT2D eigenvalue weighted by molar-refractivity contribution is -0.140. The molecule has 0 aliphatic rings. The molecule has 0 aromatic heterocycles. The van der Waals surface area contributed by atoms with Gasteiger partial charge in [-0.15, -0.1) is 0 Å². The number of carbonyl (C=O) groups excluding carboxylic acids is 2. The summed E-state index contributed by atoms with van der Waals surface area (Å²) in [6.45, 7) is 7.32. The van der Waals surface area contributed by atoms with E-state index in [-0.39, 0.29) is 18.0 Å². The van der Waals surface area contributed by atoms with Crippen LogP contribution in [0.15, 0.2) is 18.2 Å². The highest BCUT2D eigenvalue weighted by atomic mass is 16.5. The molecule has 0 radical (unpaired) electrons. The molecule has 3 nitrogen and oxygen atoms in total. The molecule has 0 heterocycles. The molecule has 0 saturated heterocycles. The lowest BCUT2D eigenvalue weighted by atomic mass is 9.86. The van der Waals surface area contributed by atoms with E-state index in [9.17, 15) is 9.59 Å². The maximum Gasteiger partial charge on any atom is 0.204 e. The third kappa shape index (κ3) is 3.91. The molecule has 0 bridgehead atoms. The average Bonchev–Trinajstić information content (AvgIpc) is 2.36. The van der Waals surface area contributed by atoms with Gasteiger partial charge >= 0.3 is 0 Å². The van der Waals surface area contributed by atoms with Gasteiger partial charge in [0.05, 0.1) is 7.11 Å². The van der Waals surface area contributed by atoms with Gasteiger partial charge in [0, 0.05) is 11.8 Å². The molecule has 0 amide bonds. The summed E-state index contributed by atoms with van der Waals surface area (Å²) in [6, 6.07) is 5.63. The summed E-state index contributed by atoms with van der Waals surface area (Å²) in [6.07, 6.45) is 0.992. The lowest BCUT2D eigenvalue weighted by Crippen LogP contribution is -2.29. The molecule has 19 heavy (non-hydrogen) atoms. The van der Waals surface area contributed by atoms with Crippen LogP contribution in [0.25, 0.3) is 0 Å². The van der Waals surface area contributed by atoms with Crippen molar-refractivity contribution in [2.24, 2.45) is 5.41 Å². The number of hydrogen-bond donors (Lipinski definition) is 0. The van der Waals surface area contributed by atoms with Crippen LogP contribution in [0.3, 0.4) is 0 Å². The van der Waals surface area contributed by atoms with E-state index in [1.165, 1.54) is 0 Å². The third-order valence-corrected chi connectivity index (χ3v) is 3.02. The second-order valence-electron chi connectivity index (χ2n) is 5.68. The van der Waals surface area contributed by atoms with E-state index in [4.69, 9.17) is 4.74 Å². The zero-order valence-corrected chi connectivity index (χ0v) is 12.4. The van der Waals surface area contributed by atoms with Crippen molar-refractivity contribution in [1.29, 1.82) is 0 Å². The Kier molecular flexibility index (Phi) is 4.87.